The van der Waals surface area contributed by atoms with Crippen molar-refractivity contribution >= 4 is 11.6 Å². The first kappa shape index (κ1) is 16.1. The fourth-order valence-electron chi connectivity index (χ4n) is 3.06. The topological polar surface area (TPSA) is 41.5 Å². The Bertz CT molecular complexity index is 360. The zero-order chi connectivity index (χ0) is 15.3. The lowest BCUT2D eigenvalue weighted by Gasteiger charge is -2.42. The van der Waals surface area contributed by atoms with E-state index < -0.39 is 47.8 Å². The minimum absolute atomic E-state index is 0.162. The van der Waals surface area contributed by atoms with Gasteiger partial charge >= 0.3 is 12.4 Å². The number of hydrogen-bond donors (Lipinski definition) is 2. The van der Waals surface area contributed by atoms with Gasteiger partial charge in [-0.25, -0.2) is 0 Å². The molecule has 10 heteroatoms. The fourth-order valence-corrected chi connectivity index (χ4v) is 3.58. The third kappa shape index (κ3) is 2.10. The average Bonchev–Trinajstić information content (AvgIpc) is 2.75. The summed E-state index contributed by atoms with van der Waals surface area (Å²) in [4.78, 5) is 0. The van der Waals surface area contributed by atoms with E-state index in [1.807, 2.05) is 0 Å². The monoisotopic (exact) mass is 327 g/mol. The van der Waals surface area contributed by atoms with Gasteiger partial charge in [-0.1, -0.05) is 0 Å². The van der Waals surface area contributed by atoms with Gasteiger partial charge in [0.05, 0.1) is 30.7 Å². The van der Waals surface area contributed by atoms with Crippen LogP contribution in [-0.4, -0.2) is 53.7 Å². The molecule has 0 amide bonds. The molecule has 1 saturated heterocycles. The quantitative estimate of drug-likeness (QED) is 0.614. The summed E-state index contributed by atoms with van der Waals surface area (Å²) < 4.78 is 83.0. The molecule has 2 rings (SSSR count). The lowest BCUT2D eigenvalue weighted by Crippen LogP contribution is -2.70. The molecule has 2 N–H and O–H groups in total. The maximum absolute atomic E-state index is 13.0. The summed E-state index contributed by atoms with van der Waals surface area (Å²) in [6.07, 6.45) is -12.3. The largest absolute Gasteiger partial charge is 0.415 e. The third-order valence-electron chi connectivity index (χ3n) is 3.88. The lowest BCUT2D eigenvalue weighted by atomic mass is 9.82. The summed E-state index contributed by atoms with van der Waals surface area (Å²) in [6.45, 7) is -0.533. The molecule has 2 fully saturated rings. The van der Waals surface area contributed by atoms with Gasteiger partial charge in [-0.05, 0) is 6.42 Å². The van der Waals surface area contributed by atoms with E-state index in [1.54, 1.807) is 5.32 Å². The van der Waals surface area contributed by atoms with E-state index in [2.05, 4.69) is 0 Å². The van der Waals surface area contributed by atoms with E-state index in [-0.39, 0.29) is 13.2 Å². The summed E-state index contributed by atoms with van der Waals surface area (Å²) >= 11 is 5.74. The fraction of sp³-hybridized carbons (Fsp3) is 1.00. The van der Waals surface area contributed by atoms with E-state index in [0.29, 0.717) is 0 Å². The van der Waals surface area contributed by atoms with Gasteiger partial charge in [0.2, 0.25) is 5.54 Å². The molecule has 4 atom stereocenters. The smallest absolute Gasteiger partial charge is 0.394 e. The van der Waals surface area contributed by atoms with E-state index in [1.165, 1.54) is 0 Å². The van der Waals surface area contributed by atoms with Crippen molar-refractivity contribution in [3.63, 3.8) is 0 Å². The average molecular weight is 328 g/mol. The van der Waals surface area contributed by atoms with Gasteiger partial charge in [-0.15, -0.1) is 11.6 Å². The van der Waals surface area contributed by atoms with Gasteiger partial charge in [0.15, 0.2) is 0 Å². The normalized spacial score (nSPS) is 36.6. The predicted molar refractivity (Wildman–Crippen MR) is 56.3 cm³/mol. The zero-order valence-electron chi connectivity index (χ0n) is 9.93. The van der Waals surface area contributed by atoms with Crippen molar-refractivity contribution in [2.75, 3.05) is 13.2 Å². The Morgan fingerprint density at radius 3 is 2.10 bits per heavy atom. The molecule has 0 aromatic heterocycles. The number of piperidine rings is 1. The van der Waals surface area contributed by atoms with E-state index in [0.717, 1.165) is 0 Å². The number of hydrogen-bond acceptors (Lipinski definition) is 3. The second-order valence-electron chi connectivity index (χ2n) is 4.89. The Kier molecular flexibility index (Phi) is 3.94. The van der Waals surface area contributed by atoms with Crippen LogP contribution in [0.3, 0.4) is 0 Å². The number of rotatable bonds is 3. The zero-order valence-corrected chi connectivity index (χ0v) is 10.7. The Morgan fingerprint density at radius 2 is 1.75 bits per heavy atom. The van der Waals surface area contributed by atoms with Crippen molar-refractivity contribution in [2.24, 2.45) is 5.92 Å². The molecule has 4 unspecified atom stereocenters. The second kappa shape index (κ2) is 4.89. The lowest BCUT2D eigenvalue weighted by molar-refractivity contribution is -0.321. The third-order valence-corrected chi connectivity index (χ3v) is 4.46. The van der Waals surface area contributed by atoms with Crippen LogP contribution in [0.15, 0.2) is 0 Å². The van der Waals surface area contributed by atoms with Crippen molar-refractivity contribution < 1.29 is 36.2 Å². The van der Waals surface area contributed by atoms with Crippen LogP contribution in [0, 0.1) is 5.92 Å². The highest BCUT2D eigenvalue weighted by Gasteiger charge is 2.81. The predicted octanol–water partition coefficient (Wildman–Crippen LogP) is 1.83. The number of halogens is 7. The van der Waals surface area contributed by atoms with Crippen molar-refractivity contribution in [3.05, 3.63) is 0 Å². The number of alkyl halides is 7. The summed E-state index contributed by atoms with van der Waals surface area (Å²) in [5, 5.41) is 8.86. The Balaban J connectivity index is 2.29. The van der Waals surface area contributed by atoms with Gasteiger partial charge in [0, 0.05) is 5.92 Å². The van der Waals surface area contributed by atoms with Gasteiger partial charge < -0.3 is 9.84 Å². The Morgan fingerprint density at radius 1 is 1.20 bits per heavy atom. The number of nitrogens with one attached hydrogen (secondary N) is 1. The molecule has 0 aromatic carbocycles. The SMILES string of the molecule is OCCOC1CC2C(Cl)C1NC2(C(F)(F)F)C(F)(F)F. The van der Waals surface area contributed by atoms with Crippen LogP contribution < -0.4 is 5.32 Å². The molecule has 0 aromatic rings. The van der Waals surface area contributed by atoms with Crippen LogP contribution in [0.4, 0.5) is 26.3 Å². The molecule has 20 heavy (non-hydrogen) atoms. The summed E-state index contributed by atoms with van der Waals surface area (Å²) in [5.74, 6) is -1.85. The van der Waals surface area contributed by atoms with Crippen molar-refractivity contribution in [1.82, 2.24) is 5.32 Å². The summed E-state index contributed by atoms with van der Waals surface area (Å²) in [6, 6.07) is -1.25. The molecule has 118 valence electrons. The molecule has 0 spiro atoms. The van der Waals surface area contributed by atoms with E-state index >= 15 is 0 Å². The maximum Gasteiger partial charge on any atom is 0.415 e. The maximum atomic E-state index is 13.0. The molecule has 2 aliphatic rings. The standard InChI is InChI=1S/C10H12ClF6NO2/c11-6-4-3-5(20-2-1-19)7(6)18-8(4,9(12,13)14)10(15,16)17/h4-7,18-19H,1-3H2. The highest BCUT2D eigenvalue weighted by atomic mass is 35.5. The molecular weight excluding hydrogens is 316 g/mol. The first-order valence-corrected chi connectivity index (χ1v) is 6.27. The number of aliphatic hydroxyl groups is 1. The number of fused-ring (bicyclic) bond motifs is 2. The number of aliphatic hydroxyl groups excluding tert-OH is 1. The van der Waals surface area contributed by atoms with Crippen LogP contribution in [0.1, 0.15) is 6.42 Å². The minimum atomic E-state index is -5.50. The Hall–Kier alpha value is -0.250. The van der Waals surface area contributed by atoms with E-state index in [9.17, 15) is 26.3 Å². The summed E-state index contributed by atoms with van der Waals surface area (Å²) in [5.41, 5.74) is -3.99. The van der Waals surface area contributed by atoms with Crippen molar-refractivity contribution in [2.45, 2.75) is 41.8 Å². The van der Waals surface area contributed by atoms with Crippen molar-refractivity contribution in [3.8, 4) is 0 Å². The van der Waals surface area contributed by atoms with Gasteiger partial charge in [0.1, 0.15) is 0 Å². The highest BCUT2D eigenvalue weighted by molar-refractivity contribution is 6.22. The number of ether oxygens (including phenoxy) is 1. The molecule has 1 aliphatic carbocycles. The molecule has 0 radical (unpaired) electrons. The Labute approximate surface area is 115 Å². The van der Waals surface area contributed by atoms with Crippen LogP contribution in [-0.2, 0) is 4.74 Å². The van der Waals surface area contributed by atoms with Crippen LogP contribution >= 0.6 is 11.6 Å². The molecule has 1 aliphatic heterocycles. The van der Waals surface area contributed by atoms with Crippen LogP contribution in [0.5, 0.6) is 0 Å². The molecule has 2 bridgehead atoms. The first-order chi connectivity index (χ1) is 9.06. The summed E-state index contributed by atoms with van der Waals surface area (Å²) in [7, 11) is 0. The highest BCUT2D eigenvalue weighted by Crippen LogP contribution is 2.58. The van der Waals surface area contributed by atoms with E-state index in [4.69, 9.17) is 21.4 Å². The van der Waals surface area contributed by atoms with Crippen LogP contribution in [0.2, 0.25) is 0 Å². The molecule has 3 nitrogen and oxygen atoms in total. The molecular formula is C10H12ClF6NO2. The second-order valence-corrected chi connectivity index (χ2v) is 5.40. The van der Waals surface area contributed by atoms with Crippen molar-refractivity contribution in [1.29, 1.82) is 0 Å². The minimum Gasteiger partial charge on any atom is -0.394 e. The van der Waals surface area contributed by atoms with Gasteiger partial charge in [0.25, 0.3) is 0 Å². The first-order valence-electron chi connectivity index (χ1n) is 5.84. The van der Waals surface area contributed by atoms with Gasteiger partial charge in [-0.2, -0.15) is 26.3 Å². The molecule has 1 heterocycles. The molecule has 1 saturated carbocycles. The van der Waals surface area contributed by atoms with Crippen LogP contribution in [0.25, 0.3) is 0 Å². The van der Waals surface area contributed by atoms with Gasteiger partial charge in [-0.3, -0.25) is 5.32 Å².